The Morgan fingerprint density at radius 1 is 1.17 bits per heavy atom. The number of likely N-dealkylation sites (tertiary alicyclic amines) is 1. The number of esters is 1. The normalized spacial score (nSPS) is 15.6. The number of ether oxygens (including phenoxy) is 1. The lowest BCUT2D eigenvalue weighted by Crippen LogP contribution is -2.36. The summed E-state index contributed by atoms with van der Waals surface area (Å²) in [5.41, 5.74) is 13.5. The Morgan fingerprint density at radius 2 is 1.93 bits per heavy atom. The Balaban J connectivity index is 1.63. The molecule has 0 unspecified atom stereocenters. The molecule has 1 aromatic carbocycles. The van der Waals surface area contributed by atoms with Crippen LogP contribution in [0.4, 0.5) is 5.69 Å². The summed E-state index contributed by atoms with van der Waals surface area (Å²) in [6, 6.07) is 10.4. The van der Waals surface area contributed by atoms with Crippen LogP contribution in [0.3, 0.4) is 0 Å². The van der Waals surface area contributed by atoms with Gasteiger partial charge in [-0.15, -0.1) is 0 Å². The number of hydrogen-bond acceptors (Lipinski definition) is 5. The van der Waals surface area contributed by atoms with Crippen molar-refractivity contribution in [2.75, 3.05) is 25.4 Å². The molecule has 1 aliphatic rings. The number of carbonyl (C=O) groups excluding carboxylic acids is 1. The molecule has 0 radical (unpaired) electrons. The highest BCUT2D eigenvalue weighted by Crippen LogP contribution is 2.29. The number of aromatic nitrogens is 2. The van der Waals surface area contributed by atoms with E-state index in [0.29, 0.717) is 12.3 Å². The van der Waals surface area contributed by atoms with Crippen molar-refractivity contribution in [3.8, 4) is 11.3 Å². The fourth-order valence-corrected chi connectivity index (χ4v) is 4.18. The van der Waals surface area contributed by atoms with Crippen LogP contribution in [0, 0.1) is 19.8 Å². The summed E-state index contributed by atoms with van der Waals surface area (Å²) in [6.45, 7) is 9.06. The van der Waals surface area contributed by atoms with Crippen LogP contribution >= 0.6 is 0 Å². The molecule has 2 N–H and O–H groups in total. The highest BCUT2D eigenvalue weighted by Gasteiger charge is 2.27. The van der Waals surface area contributed by atoms with E-state index in [2.05, 4.69) is 41.3 Å². The SMILES string of the molecule is CCOC(=O)C1CCN(Cc2c(-c3ccc(C)c(C)c3)nc3ccc(N)cn23)CC1. The Labute approximate surface area is 177 Å². The Hall–Kier alpha value is -2.86. The average molecular weight is 407 g/mol. The molecule has 6 nitrogen and oxygen atoms in total. The van der Waals surface area contributed by atoms with Crippen LogP contribution in [0.2, 0.25) is 0 Å². The molecule has 1 saturated heterocycles. The van der Waals surface area contributed by atoms with Crippen molar-refractivity contribution >= 4 is 17.3 Å². The molecule has 1 aliphatic heterocycles. The van der Waals surface area contributed by atoms with Gasteiger partial charge in [-0.3, -0.25) is 9.69 Å². The molecule has 0 aliphatic carbocycles. The quantitative estimate of drug-likeness (QED) is 0.649. The van der Waals surface area contributed by atoms with E-state index in [-0.39, 0.29) is 11.9 Å². The van der Waals surface area contributed by atoms with Crippen molar-refractivity contribution in [2.45, 2.75) is 40.2 Å². The van der Waals surface area contributed by atoms with Gasteiger partial charge in [0.1, 0.15) is 5.65 Å². The lowest BCUT2D eigenvalue weighted by Gasteiger charge is -2.30. The molecule has 0 saturated carbocycles. The summed E-state index contributed by atoms with van der Waals surface area (Å²) in [6.07, 6.45) is 3.61. The predicted octanol–water partition coefficient (Wildman–Crippen LogP) is 3.98. The summed E-state index contributed by atoms with van der Waals surface area (Å²) >= 11 is 0. The number of benzene rings is 1. The fourth-order valence-electron chi connectivity index (χ4n) is 4.18. The van der Waals surface area contributed by atoms with Crippen molar-refractivity contribution in [3.63, 3.8) is 0 Å². The van der Waals surface area contributed by atoms with Gasteiger partial charge in [-0.25, -0.2) is 4.98 Å². The van der Waals surface area contributed by atoms with Crippen LogP contribution < -0.4 is 5.73 Å². The second-order valence-electron chi connectivity index (χ2n) is 8.20. The highest BCUT2D eigenvalue weighted by molar-refractivity contribution is 5.72. The summed E-state index contributed by atoms with van der Waals surface area (Å²) in [4.78, 5) is 19.4. The molecule has 0 bridgehead atoms. The number of nitrogen functional groups attached to an aromatic ring is 1. The van der Waals surface area contributed by atoms with Crippen LogP contribution in [0.15, 0.2) is 36.5 Å². The van der Waals surface area contributed by atoms with E-state index in [9.17, 15) is 4.79 Å². The van der Waals surface area contributed by atoms with Gasteiger partial charge in [-0.2, -0.15) is 0 Å². The van der Waals surface area contributed by atoms with Gasteiger partial charge in [0.15, 0.2) is 0 Å². The first-order chi connectivity index (χ1) is 14.5. The van der Waals surface area contributed by atoms with Crippen molar-refractivity contribution in [3.05, 3.63) is 53.3 Å². The number of fused-ring (bicyclic) bond motifs is 1. The number of imidazole rings is 1. The Morgan fingerprint density at radius 3 is 2.63 bits per heavy atom. The second-order valence-corrected chi connectivity index (χ2v) is 8.20. The van der Waals surface area contributed by atoms with E-state index in [1.165, 1.54) is 11.1 Å². The number of rotatable bonds is 5. The van der Waals surface area contributed by atoms with Gasteiger partial charge in [-0.1, -0.05) is 12.1 Å². The topological polar surface area (TPSA) is 72.9 Å². The molecule has 3 aromatic rings. The molecule has 158 valence electrons. The largest absolute Gasteiger partial charge is 0.466 e. The van der Waals surface area contributed by atoms with Crippen LogP contribution in [0.1, 0.15) is 36.6 Å². The van der Waals surface area contributed by atoms with Crippen LogP contribution in [0.5, 0.6) is 0 Å². The zero-order valence-electron chi connectivity index (χ0n) is 18.0. The first-order valence-corrected chi connectivity index (χ1v) is 10.7. The molecular formula is C24H30N4O2. The molecule has 2 aromatic heterocycles. The molecular weight excluding hydrogens is 376 g/mol. The third-order valence-electron chi connectivity index (χ3n) is 6.10. The summed E-state index contributed by atoms with van der Waals surface area (Å²) in [5, 5.41) is 0. The molecule has 0 amide bonds. The minimum Gasteiger partial charge on any atom is -0.466 e. The van der Waals surface area contributed by atoms with Crippen LogP contribution in [-0.4, -0.2) is 40.0 Å². The van der Waals surface area contributed by atoms with E-state index in [1.54, 1.807) is 0 Å². The van der Waals surface area contributed by atoms with Gasteiger partial charge in [0.2, 0.25) is 0 Å². The second kappa shape index (κ2) is 8.48. The van der Waals surface area contributed by atoms with Crippen molar-refractivity contribution < 1.29 is 9.53 Å². The summed E-state index contributed by atoms with van der Waals surface area (Å²) in [5.74, 6) is -0.0474. The monoisotopic (exact) mass is 406 g/mol. The van der Waals surface area contributed by atoms with Gasteiger partial charge < -0.3 is 14.9 Å². The van der Waals surface area contributed by atoms with Crippen molar-refractivity contribution in [1.82, 2.24) is 14.3 Å². The lowest BCUT2D eigenvalue weighted by molar-refractivity contribution is -0.149. The molecule has 0 spiro atoms. The number of pyridine rings is 1. The smallest absolute Gasteiger partial charge is 0.309 e. The number of piperidine rings is 1. The molecule has 0 atom stereocenters. The molecule has 3 heterocycles. The first kappa shape index (κ1) is 20.4. The van der Waals surface area contributed by atoms with Gasteiger partial charge in [0.25, 0.3) is 0 Å². The van der Waals surface area contributed by atoms with Crippen LogP contribution in [0.25, 0.3) is 16.9 Å². The van der Waals surface area contributed by atoms with E-state index in [4.69, 9.17) is 15.5 Å². The minimum atomic E-state index is -0.0597. The third kappa shape index (κ3) is 4.05. The number of nitrogens with zero attached hydrogens (tertiary/aromatic N) is 3. The van der Waals surface area contributed by atoms with E-state index in [1.807, 2.05) is 25.3 Å². The number of aryl methyl sites for hydroxylation is 2. The maximum Gasteiger partial charge on any atom is 0.309 e. The maximum atomic E-state index is 12.1. The summed E-state index contributed by atoms with van der Waals surface area (Å²) < 4.78 is 7.31. The van der Waals surface area contributed by atoms with Gasteiger partial charge >= 0.3 is 5.97 Å². The van der Waals surface area contributed by atoms with E-state index < -0.39 is 0 Å². The fraction of sp³-hybridized carbons (Fsp3) is 0.417. The standard InChI is InChI=1S/C24H30N4O2/c1-4-30-24(29)18-9-11-27(12-10-18)15-21-23(19-6-5-16(2)17(3)13-19)26-22-8-7-20(25)14-28(21)22/h5-8,13-14,18H,4,9-12,15,25H2,1-3H3. The predicted molar refractivity (Wildman–Crippen MR) is 119 cm³/mol. The molecule has 1 fully saturated rings. The Kier molecular flexibility index (Phi) is 5.77. The third-order valence-corrected chi connectivity index (χ3v) is 6.10. The average Bonchev–Trinajstić information content (AvgIpc) is 3.08. The van der Waals surface area contributed by atoms with Gasteiger partial charge in [0.05, 0.1) is 23.9 Å². The molecule has 4 rings (SSSR count). The van der Waals surface area contributed by atoms with Crippen LogP contribution in [-0.2, 0) is 16.1 Å². The molecule has 30 heavy (non-hydrogen) atoms. The maximum absolute atomic E-state index is 12.1. The first-order valence-electron chi connectivity index (χ1n) is 10.7. The van der Waals surface area contributed by atoms with E-state index in [0.717, 1.165) is 55.1 Å². The van der Waals surface area contributed by atoms with E-state index >= 15 is 0 Å². The highest BCUT2D eigenvalue weighted by atomic mass is 16.5. The van der Waals surface area contributed by atoms with Gasteiger partial charge in [0, 0.05) is 24.0 Å². The Bertz CT molecular complexity index is 1060. The number of carbonyl (C=O) groups is 1. The lowest BCUT2D eigenvalue weighted by atomic mass is 9.96. The van der Waals surface area contributed by atoms with Gasteiger partial charge in [-0.05, 0) is 76.0 Å². The number of hydrogen-bond donors (Lipinski definition) is 1. The number of nitrogens with two attached hydrogens (primary N) is 1. The van der Waals surface area contributed by atoms with Crippen molar-refractivity contribution in [1.29, 1.82) is 0 Å². The zero-order chi connectivity index (χ0) is 21.3. The minimum absolute atomic E-state index is 0.0123. The molecule has 6 heteroatoms. The number of anilines is 1. The zero-order valence-corrected chi connectivity index (χ0v) is 18.0. The van der Waals surface area contributed by atoms with Crippen molar-refractivity contribution in [2.24, 2.45) is 5.92 Å². The summed E-state index contributed by atoms with van der Waals surface area (Å²) in [7, 11) is 0.